The zero-order chi connectivity index (χ0) is 25.8. The van der Waals surface area contributed by atoms with Crippen LogP contribution in [0.4, 0.5) is 13.2 Å². The van der Waals surface area contributed by atoms with E-state index in [0.29, 0.717) is 11.5 Å². The van der Waals surface area contributed by atoms with Crippen LogP contribution in [0.3, 0.4) is 0 Å². The first-order valence-electron chi connectivity index (χ1n) is 12.5. The number of alkyl halides is 4. The topological polar surface area (TPSA) is 41.6 Å². The Balaban J connectivity index is 1.53. The second kappa shape index (κ2) is 11.7. The molecule has 4 atom stereocenters. The van der Waals surface area contributed by atoms with Crippen LogP contribution in [0, 0.1) is 17.3 Å². The van der Waals surface area contributed by atoms with Crippen molar-refractivity contribution in [2.45, 2.75) is 77.3 Å². The molecule has 0 radical (unpaired) electrons. The number of nitrogens with one attached hydrogen (secondary N) is 1. The molecule has 2 unspecified atom stereocenters. The molecule has 1 saturated heterocycles. The fourth-order valence-corrected chi connectivity index (χ4v) is 5.53. The molecule has 8 heteroatoms. The summed E-state index contributed by atoms with van der Waals surface area (Å²) in [6, 6.07) is -0.0393. The molecule has 0 spiro atoms. The molecule has 1 aliphatic heterocycles. The SMILES string of the molecule is CC(C)[C@H](CN1CC[C@H](C2=CCC(Cl)C=C2)C(C)(C)C1)NC(=O)CC1=CC=CC(OC(F)(F)F)C1. The van der Waals surface area contributed by atoms with Crippen molar-refractivity contribution in [2.24, 2.45) is 17.3 Å². The Morgan fingerprint density at radius 3 is 2.66 bits per heavy atom. The average Bonchev–Trinajstić information content (AvgIpc) is 2.72. The summed E-state index contributed by atoms with van der Waals surface area (Å²) < 4.78 is 41.7. The summed E-state index contributed by atoms with van der Waals surface area (Å²) in [4.78, 5) is 15.2. The van der Waals surface area contributed by atoms with Gasteiger partial charge in [0.2, 0.25) is 5.91 Å². The fourth-order valence-electron chi connectivity index (χ4n) is 5.37. The lowest BCUT2D eigenvalue weighted by Gasteiger charge is -2.46. The highest BCUT2D eigenvalue weighted by Crippen LogP contribution is 2.41. The average molecular weight is 515 g/mol. The van der Waals surface area contributed by atoms with Crippen molar-refractivity contribution in [3.63, 3.8) is 0 Å². The number of hydrogen-bond acceptors (Lipinski definition) is 3. The number of piperidine rings is 1. The van der Waals surface area contributed by atoms with Gasteiger partial charge in [0.1, 0.15) is 0 Å². The lowest BCUT2D eigenvalue weighted by molar-refractivity contribution is -0.336. The maximum absolute atomic E-state index is 12.8. The highest BCUT2D eigenvalue weighted by atomic mass is 35.5. The molecule has 196 valence electrons. The van der Waals surface area contributed by atoms with Crippen LogP contribution in [0.25, 0.3) is 0 Å². The van der Waals surface area contributed by atoms with Crippen LogP contribution < -0.4 is 5.32 Å². The summed E-state index contributed by atoms with van der Waals surface area (Å²) in [6.07, 6.45) is 7.41. The first-order chi connectivity index (χ1) is 16.3. The number of allylic oxidation sites excluding steroid dienone is 6. The van der Waals surface area contributed by atoms with Crippen molar-refractivity contribution in [1.29, 1.82) is 0 Å². The number of nitrogens with zero attached hydrogens (tertiary/aromatic N) is 1. The lowest BCUT2D eigenvalue weighted by atomic mass is 9.69. The van der Waals surface area contributed by atoms with Gasteiger partial charge in [0, 0.05) is 25.6 Å². The van der Waals surface area contributed by atoms with E-state index in [1.807, 2.05) is 0 Å². The number of carbonyl (C=O) groups is 1. The molecule has 3 rings (SSSR count). The van der Waals surface area contributed by atoms with E-state index in [9.17, 15) is 18.0 Å². The standard InChI is InChI=1S/C27H38ClF3N2O2/c1-18(2)24(32-25(34)15-19-6-5-7-22(14-19)35-27(29,30)31)16-33-13-12-23(26(3,4)17-33)20-8-10-21(28)11-9-20/h5-10,18,21-24H,11-17H2,1-4H3,(H,32,34)/t21?,22?,23-,24+/m1/s1. The molecule has 0 saturated carbocycles. The Bertz CT molecular complexity index is 876. The van der Waals surface area contributed by atoms with Crippen LogP contribution >= 0.6 is 11.6 Å². The van der Waals surface area contributed by atoms with E-state index in [2.05, 4.69) is 60.9 Å². The minimum absolute atomic E-state index is 0.0393. The van der Waals surface area contributed by atoms with E-state index >= 15 is 0 Å². The molecular formula is C27H38ClF3N2O2. The quantitative estimate of drug-likeness (QED) is 0.395. The Labute approximate surface area is 212 Å². The third-order valence-electron chi connectivity index (χ3n) is 7.19. The summed E-state index contributed by atoms with van der Waals surface area (Å²) in [7, 11) is 0. The van der Waals surface area contributed by atoms with Gasteiger partial charge >= 0.3 is 6.36 Å². The molecule has 1 amide bonds. The van der Waals surface area contributed by atoms with Crippen LogP contribution in [0.15, 0.2) is 47.6 Å². The van der Waals surface area contributed by atoms with E-state index in [1.165, 1.54) is 17.7 Å². The van der Waals surface area contributed by atoms with Gasteiger partial charge in [-0.15, -0.1) is 24.8 Å². The Morgan fingerprint density at radius 1 is 1.31 bits per heavy atom. The van der Waals surface area contributed by atoms with E-state index in [1.54, 1.807) is 6.08 Å². The molecule has 1 fully saturated rings. The molecule has 0 aromatic carbocycles. The van der Waals surface area contributed by atoms with Gasteiger partial charge in [-0.05, 0) is 48.6 Å². The van der Waals surface area contributed by atoms with Crippen LogP contribution in [0.2, 0.25) is 0 Å². The summed E-state index contributed by atoms with van der Waals surface area (Å²) in [6.45, 7) is 11.4. The summed E-state index contributed by atoms with van der Waals surface area (Å²) in [5.41, 5.74) is 2.10. The van der Waals surface area contributed by atoms with E-state index in [0.717, 1.165) is 32.5 Å². The van der Waals surface area contributed by atoms with Gasteiger partial charge in [-0.2, -0.15) is 0 Å². The Kier molecular flexibility index (Phi) is 9.33. The summed E-state index contributed by atoms with van der Waals surface area (Å²) in [5.74, 6) is 0.536. The van der Waals surface area contributed by atoms with Gasteiger partial charge in [0.05, 0.1) is 11.5 Å². The normalized spacial score (nSPS) is 28.0. The number of rotatable bonds is 8. The molecule has 0 bridgehead atoms. The number of likely N-dealkylation sites (tertiary alicyclic amines) is 1. The third-order valence-corrected chi connectivity index (χ3v) is 7.51. The van der Waals surface area contributed by atoms with Crippen LogP contribution in [-0.2, 0) is 9.53 Å². The van der Waals surface area contributed by atoms with Gasteiger partial charge in [-0.25, -0.2) is 0 Å². The summed E-state index contributed by atoms with van der Waals surface area (Å²) in [5, 5.41) is 3.22. The second-order valence-electron chi connectivity index (χ2n) is 11.0. The van der Waals surface area contributed by atoms with Gasteiger partial charge in [-0.1, -0.05) is 69.7 Å². The van der Waals surface area contributed by atoms with Gasteiger partial charge in [0.25, 0.3) is 0 Å². The Morgan fingerprint density at radius 2 is 2.06 bits per heavy atom. The molecule has 0 aromatic rings. The van der Waals surface area contributed by atoms with Crippen molar-refractivity contribution >= 4 is 17.5 Å². The Hall–Kier alpha value is -1.57. The van der Waals surface area contributed by atoms with Gasteiger partial charge < -0.3 is 10.2 Å². The minimum atomic E-state index is -4.69. The number of amides is 1. The smallest absolute Gasteiger partial charge is 0.352 e. The monoisotopic (exact) mass is 514 g/mol. The van der Waals surface area contributed by atoms with E-state index in [-0.39, 0.29) is 41.5 Å². The van der Waals surface area contributed by atoms with Gasteiger partial charge in [0.15, 0.2) is 0 Å². The van der Waals surface area contributed by atoms with Crippen LogP contribution in [0.1, 0.15) is 53.4 Å². The molecule has 1 N–H and O–H groups in total. The van der Waals surface area contributed by atoms with Crippen molar-refractivity contribution in [3.05, 3.63) is 47.6 Å². The van der Waals surface area contributed by atoms with E-state index < -0.39 is 12.5 Å². The van der Waals surface area contributed by atoms with Crippen molar-refractivity contribution in [1.82, 2.24) is 10.2 Å². The molecule has 3 aliphatic rings. The first-order valence-corrected chi connectivity index (χ1v) is 12.9. The highest BCUT2D eigenvalue weighted by Gasteiger charge is 2.38. The van der Waals surface area contributed by atoms with E-state index in [4.69, 9.17) is 11.6 Å². The van der Waals surface area contributed by atoms with Crippen LogP contribution in [0.5, 0.6) is 0 Å². The first kappa shape index (κ1) is 28.0. The third kappa shape index (κ3) is 8.50. The van der Waals surface area contributed by atoms with Crippen molar-refractivity contribution in [3.8, 4) is 0 Å². The zero-order valence-electron chi connectivity index (χ0n) is 21.1. The minimum Gasteiger partial charge on any atom is -0.352 e. The van der Waals surface area contributed by atoms with Crippen LogP contribution in [-0.4, -0.2) is 54.3 Å². The second-order valence-corrected chi connectivity index (χ2v) is 11.6. The van der Waals surface area contributed by atoms with Crippen molar-refractivity contribution in [2.75, 3.05) is 19.6 Å². The molecule has 1 heterocycles. The lowest BCUT2D eigenvalue weighted by Crippen LogP contribution is -2.52. The molecule has 35 heavy (non-hydrogen) atoms. The maximum atomic E-state index is 12.8. The summed E-state index contributed by atoms with van der Waals surface area (Å²) >= 11 is 6.21. The predicted molar refractivity (Wildman–Crippen MR) is 134 cm³/mol. The molecular weight excluding hydrogens is 477 g/mol. The number of hydrogen-bond donors (Lipinski definition) is 1. The predicted octanol–water partition coefficient (Wildman–Crippen LogP) is 6.15. The number of halogens is 4. The largest absolute Gasteiger partial charge is 0.523 e. The fraction of sp³-hybridized carbons (Fsp3) is 0.667. The molecule has 0 aromatic heterocycles. The zero-order valence-corrected chi connectivity index (χ0v) is 21.8. The molecule has 2 aliphatic carbocycles. The number of carbonyl (C=O) groups excluding carboxylic acids is 1. The maximum Gasteiger partial charge on any atom is 0.523 e. The molecule has 4 nitrogen and oxygen atoms in total. The van der Waals surface area contributed by atoms with Gasteiger partial charge in [-0.3, -0.25) is 9.53 Å². The highest BCUT2D eigenvalue weighted by molar-refractivity contribution is 6.22. The van der Waals surface area contributed by atoms with Crippen molar-refractivity contribution < 1.29 is 22.7 Å². The number of ether oxygens (including phenoxy) is 1.